The van der Waals surface area contributed by atoms with Crippen LogP contribution in [-0.2, 0) is 11.3 Å². The molecule has 1 amide bonds. The Morgan fingerprint density at radius 3 is 2.71 bits per heavy atom. The molecule has 1 aromatic rings. The second-order valence-electron chi connectivity index (χ2n) is 5.80. The number of nitrogens with zero attached hydrogens (tertiary/aromatic N) is 2. The zero-order chi connectivity index (χ0) is 15.5. The van der Waals surface area contributed by atoms with Crippen LogP contribution in [-0.4, -0.2) is 23.4 Å². The minimum atomic E-state index is -0.823. The van der Waals surface area contributed by atoms with Crippen LogP contribution in [0.1, 0.15) is 43.2 Å². The summed E-state index contributed by atoms with van der Waals surface area (Å²) < 4.78 is 13.8. The van der Waals surface area contributed by atoms with Gasteiger partial charge >= 0.3 is 0 Å². The molecule has 1 fully saturated rings. The van der Waals surface area contributed by atoms with E-state index < -0.39 is 11.4 Å². The van der Waals surface area contributed by atoms with Gasteiger partial charge in [-0.3, -0.25) is 4.79 Å². The minimum absolute atomic E-state index is 0.124. The largest absolute Gasteiger partial charge is 0.340 e. The van der Waals surface area contributed by atoms with E-state index in [1.165, 1.54) is 23.1 Å². The van der Waals surface area contributed by atoms with E-state index in [-0.39, 0.29) is 12.5 Å². The van der Waals surface area contributed by atoms with Gasteiger partial charge in [-0.05, 0) is 31.0 Å². The highest BCUT2D eigenvalue weighted by molar-refractivity contribution is 5.86. The summed E-state index contributed by atoms with van der Waals surface area (Å²) in [7, 11) is 1.63. The quantitative estimate of drug-likeness (QED) is 0.928. The predicted octanol–water partition coefficient (Wildman–Crippen LogP) is 2.32. The van der Waals surface area contributed by atoms with E-state index in [1.54, 1.807) is 7.05 Å². The highest BCUT2D eigenvalue weighted by atomic mass is 19.1. The number of hydrogen-bond acceptors (Lipinski definition) is 3. The molecule has 0 unspecified atom stereocenters. The maximum absolute atomic E-state index is 13.8. The molecule has 0 saturated heterocycles. The van der Waals surface area contributed by atoms with E-state index >= 15 is 0 Å². The van der Waals surface area contributed by atoms with Crippen molar-refractivity contribution < 1.29 is 9.18 Å². The summed E-state index contributed by atoms with van der Waals surface area (Å²) in [6, 6.07) is 6.13. The van der Waals surface area contributed by atoms with Crippen LogP contribution in [0.4, 0.5) is 4.39 Å². The number of likely N-dealkylation sites (N-methyl/N-ethyl adjacent to an activating group) is 1. The molecule has 1 saturated carbocycles. The van der Waals surface area contributed by atoms with E-state index in [2.05, 4.69) is 0 Å². The molecule has 112 valence electrons. The van der Waals surface area contributed by atoms with Crippen molar-refractivity contribution in [1.29, 1.82) is 5.26 Å². The SMILES string of the molecule is CN(Cc1cc(C#N)ccc1F)C(=O)C1(N)CCCCC1. The number of carbonyl (C=O) groups is 1. The summed E-state index contributed by atoms with van der Waals surface area (Å²) in [5.74, 6) is -0.563. The zero-order valence-corrected chi connectivity index (χ0v) is 12.2. The van der Waals surface area contributed by atoms with E-state index in [9.17, 15) is 9.18 Å². The van der Waals surface area contributed by atoms with Crippen LogP contribution < -0.4 is 5.73 Å². The molecule has 1 aliphatic carbocycles. The van der Waals surface area contributed by atoms with Crippen molar-refractivity contribution in [2.24, 2.45) is 5.73 Å². The first kappa shape index (κ1) is 15.5. The van der Waals surface area contributed by atoms with E-state index in [1.807, 2.05) is 6.07 Å². The molecule has 1 aromatic carbocycles. The molecule has 0 heterocycles. The fourth-order valence-electron chi connectivity index (χ4n) is 2.87. The Morgan fingerprint density at radius 2 is 2.10 bits per heavy atom. The standard InChI is InChI=1S/C16H20FN3O/c1-20(15(21)16(19)7-3-2-4-8-16)11-13-9-12(10-18)5-6-14(13)17/h5-6,9H,2-4,7-8,11,19H2,1H3. The predicted molar refractivity (Wildman–Crippen MR) is 77.6 cm³/mol. The van der Waals surface area contributed by atoms with Gasteiger partial charge in [0, 0.05) is 19.2 Å². The first-order valence-electron chi connectivity index (χ1n) is 7.19. The van der Waals surface area contributed by atoms with Crippen molar-refractivity contribution in [2.45, 2.75) is 44.2 Å². The summed E-state index contributed by atoms with van der Waals surface area (Å²) in [6.45, 7) is 0.124. The monoisotopic (exact) mass is 289 g/mol. The fraction of sp³-hybridized carbons (Fsp3) is 0.500. The van der Waals surface area contributed by atoms with Gasteiger partial charge in [0.1, 0.15) is 5.82 Å². The molecule has 4 nitrogen and oxygen atoms in total. The maximum Gasteiger partial charge on any atom is 0.242 e. The van der Waals surface area contributed by atoms with Crippen LogP contribution in [0.15, 0.2) is 18.2 Å². The molecule has 0 spiro atoms. The minimum Gasteiger partial charge on any atom is -0.340 e. The van der Waals surface area contributed by atoms with E-state index in [0.717, 1.165) is 19.3 Å². The van der Waals surface area contributed by atoms with Crippen molar-refractivity contribution in [1.82, 2.24) is 4.90 Å². The van der Waals surface area contributed by atoms with Crippen LogP contribution in [0, 0.1) is 17.1 Å². The molecular weight excluding hydrogens is 269 g/mol. The normalized spacial score (nSPS) is 17.0. The molecule has 0 aromatic heterocycles. The van der Waals surface area contributed by atoms with Crippen LogP contribution in [0.3, 0.4) is 0 Å². The third-order valence-electron chi connectivity index (χ3n) is 4.10. The summed E-state index contributed by atoms with van der Waals surface area (Å²) in [5, 5.41) is 8.87. The molecule has 0 bridgehead atoms. The lowest BCUT2D eigenvalue weighted by Crippen LogP contribution is -2.55. The first-order chi connectivity index (χ1) is 9.96. The third-order valence-corrected chi connectivity index (χ3v) is 4.10. The topological polar surface area (TPSA) is 70.1 Å². The number of halogens is 1. The third kappa shape index (κ3) is 3.40. The van der Waals surface area contributed by atoms with Crippen molar-refractivity contribution >= 4 is 5.91 Å². The highest BCUT2D eigenvalue weighted by Gasteiger charge is 2.37. The van der Waals surface area contributed by atoms with Crippen molar-refractivity contribution in [3.8, 4) is 6.07 Å². The van der Waals surface area contributed by atoms with Gasteiger partial charge in [0.2, 0.25) is 5.91 Å². The smallest absolute Gasteiger partial charge is 0.242 e. The number of nitrogens with two attached hydrogens (primary N) is 1. The number of nitriles is 1. The summed E-state index contributed by atoms with van der Waals surface area (Å²) in [6.07, 6.45) is 4.37. The van der Waals surface area contributed by atoms with E-state index in [4.69, 9.17) is 11.0 Å². The summed E-state index contributed by atoms with van der Waals surface area (Å²) >= 11 is 0. The second-order valence-corrected chi connectivity index (χ2v) is 5.80. The Morgan fingerprint density at radius 1 is 1.43 bits per heavy atom. The molecule has 21 heavy (non-hydrogen) atoms. The van der Waals surface area contributed by atoms with Crippen LogP contribution in [0.2, 0.25) is 0 Å². The molecule has 2 rings (SSSR count). The fourth-order valence-corrected chi connectivity index (χ4v) is 2.87. The Kier molecular flexibility index (Phi) is 4.59. The Bertz CT molecular complexity index is 573. The molecular formula is C16H20FN3O. The molecule has 1 aliphatic rings. The van der Waals surface area contributed by atoms with Crippen LogP contribution >= 0.6 is 0 Å². The van der Waals surface area contributed by atoms with Gasteiger partial charge in [-0.2, -0.15) is 5.26 Å². The van der Waals surface area contributed by atoms with Crippen molar-refractivity contribution in [2.75, 3.05) is 7.05 Å². The Hall–Kier alpha value is -1.93. The van der Waals surface area contributed by atoms with Crippen LogP contribution in [0.25, 0.3) is 0 Å². The molecule has 0 atom stereocenters. The lowest BCUT2D eigenvalue weighted by molar-refractivity contribution is -0.137. The lowest BCUT2D eigenvalue weighted by atomic mass is 9.81. The highest BCUT2D eigenvalue weighted by Crippen LogP contribution is 2.28. The van der Waals surface area contributed by atoms with Crippen molar-refractivity contribution in [3.63, 3.8) is 0 Å². The van der Waals surface area contributed by atoms with Gasteiger partial charge < -0.3 is 10.6 Å². The van der Waals surface area contributed by atoms with Gasteiger partial charge in [-0.25, -0.2) is 4.39 Å². The van der Waals surface area contributed by atoms with Crippen LogP contribution in [0.5, 0.6) is 0 Å². The lowest BCUT2D eigenvalue weighted by Gasteiger charge is -2.35. The average Bonchev–Trinajstić information content (AvgIpc) is 2.49. The van der Waals surface area contributed by atoms with Crippen molar-refractivity contribution in [3.05, 3.63) is 35.1 Å². The Labute approximate surface area is 124 Å². The summed E-state index contributed by atoms with van der Waals surface area (Å²) in [4.78, 5) is 14.0. The van der Waals surface area contributed by atoms with Gasteiger partial charge in [0.25, 0.3) is 0 Å². The average molecular weight is 289 g/mol. The Balaban J connectivity index is 2.12. The first-order valence-corrected chi connectivity index (χ1v) is 7.19. The van der Waals surface area contributed by atoms with E-state index in [0.29, 0.717) is 24.0 Å². The maximum atomic E-state index is 13.8. The molecule has 0 radical (unpaired) electrons. The number of hydrogen-bond donors (Lipinski definition) is 1. The summed E-state index contributed by atoms with van der Waals surface area (Å²) in [5.41, 5.74) is 6.11. The van der Waals surface area contributed by atoms with Gasteiger partial charge in [0.15, 0.2) is 0 Å². The second kappa shape index (κ2) is 6.23. The number of benzene rings is 1. The van der Waals surface area contributed by atoms with Gasteiger partial charge in [-0.15, -0.1) is 0 Å². The number of amides is 1. The number of carbonyl (C=O) groups excluding carboxylic acids is 1. The molecule has 0 aliphatic heterocycles. The molecule has 2 N–H and O–H groups in total. The molecule has 5 heteroatoms. The van der Waals surface area contributed by atoms with Gasteiger partial charge in [0.05, 0.1) is 17.2 Å². The number of rotatable bonds is 3. The zero-order valence-electron chi connectivity index (χ0n) is 12.2. The van der Waals surface area contributed by atoms with Gasteiger partial charge in [-0.1, -0.05) is 19.3 Å².